The van der Waals surface area contributed by atoms with Crippen molar-refractivity contribution in [3.8, 4) is 6.07 Å². The van der Waals surface area contributed by atoms with Crippen molar-refractivity contribution < 1.29 is 14.0 Å². The molecule has 4 rings (SSSR count). The zero-order chi connectivity index (χ0) is 23.4. The van der Waals surface area contributed by atoms with Gasteiger partial charge in [0.25, 0.3) is 5.91 Å². The standard InChI is InChI=1S/C26H20FN3O2S/c1-17-7-13-21(14-8-17)30-25(32)23(15-18-9-11-19(27)12-10-18)33-26(30)22(16-28)24(31)29-20-5-3-2-4-6-20/h2-14,23H,15H2,1H3,(H,29,31)/b26-22-/t23-/m0/s1. The monoisotopic (exact) mass is 457 g/mol. The summed E-state index contributed by atoms with van der Waals surface area (Å²) in [6, 6.07) is 24.1. The molecule has 0 bridgehead atoms. The van der Waals surface area contributed by atoms with Gasteiger partial charge in [-0.1, -0.05) is 59.8 Å². The molecule has 1 aliphatic heterocycles. The molecule has 1 N–H and O–H groups in total. The molecule has 1 saturated heterocycles. The minimum absolute atomic E-state index is 0.139. The zero-order valence-electron chi connectivity index (χ0n) is 17.8. The Bertz CT molecular complexity index is 1250. The predicted molar refractivity (Wildman–Crippen MR) is 128 cm³/mol. The lowest BCUT2D eigenvalue weighted by atomic mass is 10.1. The van der Waals surface area contributed by atoms with Crippen LogP contribution in [-0.2, 0) is 16.0 Å². The first-order chi connectivity index (χ1) is 16.0. The summed E-state index contributed by atoms with van der Waals surface area (Å²) in [5, 5.41) is 12.3. The molecule has 0 spiro atoms. The van der Waals surface area contributed by atoms with Crippen molar-refractivity contribution in [2.45, 2.75) is 18.6 Å². The molecule has 0 aliphatic carbocycles. The van der Waals surface area contributed by atoms with Crippen molar-refractivity contribution in [2.75, 3.05) is 10.2 Å². The van der Waals surface area contributed by atoms with Crippen molar-refractivity contribution in [3.05, 3.63) is 106 Å². The number of nitrogens with zero attached hydrogens (tertiary/aromatic N) is 2. The van der Waals surface area contributed by atoms with Gasteiger partial charge in [-0.2, -0.15) is 5.26 Å². The molecule has 2 amide bonds. The van der Waals surface area contributed by atoms with Crippen molar-refractivity contribution >= 4 is 35.0 Å². The predicted octanol–water partition coefficient (Wildman–Crippen LogP) is 5.20. The summed E-state index contributed by atoms with van der Waals surface area (Å²) in [5.41, 5.74) is 2.80. The van der Waals surface area contributed by atoms with E-state index >= 15 is 0 Å². The first-order valence-corrected chi connectivity index (χ1v) is 11.2. The van der Waals surface area contributed by atoms with Crippen LogP contribution in [0.5, 0.6) is 0 Å². The second-order valence-electron chi connectivity index (χ2n) is 7.56. The van der Waals surface area contributed by atoms with Crippen LogP contribution < -0.4 is 10.2 Å². The summed E-state index contributed by atoms with van der Waals surface area (Å²) in [4.78, 5) is 27.8. The number of aryl methyl sites for hydroxylation is 1. The number of benzene rings is 3. The molecule has 7 heteroatoms. The highest BCUT2D eigenvalue weighted by atomic mass is 32.2. The smallest absolute Gasteiger partial charge is 0.269 e. The maximum atomic E-state index is 13.4. The van der Waals surface area contributed by atoms with Crippen LogP contribution in [0.3, 0.4) is 0 Å². The average Bonchev–Trinajstić information content (AvgIpc) is 3.12. The van der Waals surface area contributed by atoms with E-state index in [1.807, 2.05) is 31.2 Å². The van der Waals surface area contributed by atoms with Crippen molar-refractivity contribution in [1.29, 1.82) is 5.26 Å². The molecule has 164 valence electrons. The number of rotatable bonds is 5. The molecule has 0 radical (unpaired) electrons. The zero-order valence-corrected chi connectivity index (χ0v) is 18.6. The van der Waals surface area contributed by atoms with E-state index in [4.69, 9.17) is 0 Å². The Balaban J connectivity index is 1.72. The third-order valence-corrected chi connectivity index (χ3v) is 6.43. The lowest BCUT2D eigenvalue weighted by Crippen LogP contribution is -2.30. The number of carbonyl (C=O) groups is 2. The lowest BCUT2D eigenvalue weighted by molar-refractivity contribution is -0.117. The molecule has 1 aliphatic rings. The van der Waals surface area contributed by atoms with Crippen LogP contribution in [0.1, 0.15) is 11.1 Å². The van der Waals surface area contributed by atoms with Gasteiger partial charge in [-0.15, -0.1) is 0 Å². The van der Waals surface area contributed by atoms with Crippen LogP contribution in [0.15, 0.2) is 89.5 Å². The van der Waals surface area contributed by atoms with E-state index < -0.39 is 11.2 Å². The van der Waals surface area contributed by atoms with Gasteiger partial charge in [0.05, 0.1) is 5.25 Å². The minimum atomic E-state index is -0.585. The molecular formula is C26H20FN3O2S. The molecule has 1 heterocycles. The Morgan fingerprint density at radius 3 is 2.36 bits per heavy atom. The quantitative estimate of drug-likeness (QED) is 0.422. The van der Waals surface area contributed by atoms with E-state index in [0.29, 0.717) is 17.8 Å². The number of carbonyl (C=O) groups excluding carboxylic acids is 2. The van der Waals surface area contributed by atoms with Gasteiger partial charge >= 0.3 is 0 Å². The third-order valence-electron chi connectivity index (χ3n) is 5.16. The third kappa shape index (κ3) is 4.97. The highest BCUT2D eigenvalue weighted by molar-refractivity contribution is 8.05. The number of hydrogen-bond donors (Lipinski definition) is 1. The Hall–Kier alpha value is -3.89. The molecule has 0 unspecified atom stereocenters. The maximum Gasteiger partial charge on any atom is 0.269 e. The molecule has 1 fully saturated rings. The molecule has 33 heavy (non-hydrogen) atoms. The van der Waals surface area contributed by atoms with Gasteiger partial charge in [0, 0.05) is 11.4 Å². The molecule has 0 aromatic heterocycles. The van der Waals surface area contributed by atoms with E-state index in [2.05, 4.69) is 5.32 Å². The number of thioether (sulfide) groups is 1. The van der Waals surface area contributed by atoms with Gasteiger partial charge in [0.2, 0.25) is 5.91 Å². The Morgan fingerprint density at radius 2 is 1.73 bits per heavy atom. The number of nitrogens with one attached hydrogen (secondary N) is 1. The van der Waals surface area contributed by atoms with E-state index in [0.717, 1.165) is 11.1 Å². The number of halogens is 1. The van der Waals surface area contributed by atoms with Crippen LogP contribution in [0.25, 0.3) is 0 Å². The van der Waals surface area contributed by atoms with Gasteiger partial charge in [-0.3, -0.25) is 14.5 Å². The van der Waals surface area contributed by atoms with Gasteiger partial charge in [0.15, 0.2) is 0 Å². The normalized spacial score (nSPS) is 16.9. The first kappa shape index (κ1) is 22.3. The number of nitriles is 1. The van der Waals surface area contributed by atoms with Crippen molar-refractivity contribution in [3.63, 3.8) is 0 Å². The maximum absolute atomic E-state index is 13.4. The highest BCUT2D eigenvalue weighted by Gasteiger charge is 2.40. The average molecular weight is 458 g/mol. The first-order valence-electron chi connectivity index (χ1n) is 10.3. The molecule has 0 saturated carbocycles. The summed E-state index contributed by atoms with van der Waals surface area (Å²) < 4.78 is 13.3. The van der Waals surface area contributed by atoms with Crippen LogP contribution in [-0.4, -0.2) is 17.1 Å². The molecular weight excluding hydrogens is 437 g/mol. The van der Waals surface area contributed by atoms with Crippen molar-refractivity contribution in [1.82, 2.24) is 0 Å². The van der Waals surface area contributed by atoms with Gasteiger partial charge in [-0.05, 0) is 55.3 Å². The fourth-order valence-electron chi connectivity index (χ4n) is 3.47. The fourth-order valence-corrected chi connectivity index (χ4v) is 4.77. The second-order valence-corrected chi connectivity index (χ2v) is 8.75. The van der Waals surface area contributed by atoms with Crippen LogP contribution in [0.4, 0.5) is 15.8 Å². The summed E-state index contributed by atoms with van der Waals surface area (Å²) in [7, 11) is 0. The number of para-hydroxylation sites is 1. The van der Waals surface area contributed by atoms with E-state index in [1.54, 1.807) is 48.5 Å². The van der Waals surface area contributed by atoms with E-state index in [-0.39, 0.29) is 22.3 Å². The van der Waals surface area contributed by atoms with Crippen molar-refractivity contribution in [2.24, 2.45) is 0 Å². The molecule has 5 nitrogen and oxygen atoms in total. The lowest BCUT2D eigenvalue weighted by Gasteiger charge is -2.19. The highest BCUT2D eigenvalue weighted by Crippen LogP contribution is 2.42. The summed E-state index contributed by atoms with van der Waals surface area (Å²) in [6.07, 6.45) is 0.342. The summed E-state index contributed by atoms with van der Waals surface area (Å²) >= 11 is 1.18. The van der Waals surface area contributed by atoms with E-state index in [1.165, 1.54) is 28.8 Å². The molecule has 3 aromatic carbocycles. The van der Waals surface area contributed by atoms with Gasteiger partial charge in [-0.25, -0.2) is 4.39 Å². The SMILES string of the molecule is Cc1ccc(N2C(=O)[C@H](Cc3ccc(F)cc3)S/C2=C(/C#N)C(=O)Nc2ccccc2)cc1. The van der Waals surface area contributed by atoms with E-state index in [9.17, 15) is 19.2 Å². The second kappa shape index (κ2) is 9.72. The fraction of sp³-hybridized carbons (Fsp3) is 0.115. The minimum Gasteiger partial charge on any atom is -0.321 e. The Morgan fingerprint density at radius 1 is 1.06 bits per heavy atom. The van der Waals surface area contributed by atoms with Crippen LogP contribution >= 0.6 is 11.8 Å². The largest absolute Gasteiger partial charge is 0.321 e. The number of amides is 2. The topological polar surface area (TPSA) is 73.2 Å². The number of hydrogen-bond acceptors (Lipinski definition) is 4. The Kier molecular flexibility index (Phi) is 6.57. The molecule has 1 atom stereocenters. The summed E-state index contributed by atoms with van der Waals surface area (Å²) in [6.45, 7) is 1.94. The Labute approximate surface area is 195 Å². The number of anilines is 2. The van der Waals surface area contributed by atoms with Gasteiger partial charge < -0.3 is 5.32 Å². The molecule has 3 aromatic rings. The van der Waals surface area contributed by atoms with Gasteiger partial charge in [0.1, 0.15) is 22.5 Å². The van der Waals surface area contributed by atoms with Crippen LogP contribution in [0.2, 0.25) is 0 Å². The van der Waals surface area contributed by atoms with Crippen LogP contribution in [0, 0.1) is 24.1 Å². The summed E-state index contributed by atoms with van der Waals surface area (Å²) in [5.74, 6) is -1.17.